The first-order valence-corrected chi connectivity index (χ1v) is 17.6. The molecule has 1 amide bonds. The van der Waals surface area contributed by atoms with Gasteiger partial charge in [-0.05, 0) is 105 Å². The van der Waals surface area contributed by atoms with Crippen LogP contribution >= 0.6 is 11.6 Å². The molecule has 226 valence electrons. The number of hydrogen-bond donors (Lipinski definition) is 1. The molecule has 1 saturated heterocycles. The number of fused-ring (bicyclic) bond motifs is 7. The molecular weight excluding hydrogens is 572 g/mol. The molecule has 42 heavy (non-hydrogen) atoms. The zero-order valence-corrected chi connectivity index (χ0v) is 25.9. The summed E-state index contributed by atoms with van der Waals surface area (Å²) in [7, 11) is -2.93. The van der Waals surface area contributed by atoms with E-state index in [0.717, 1.165) is 74.5 Å². The van der Waals surface area contributed by atoms with E-state index >= 15 is 0 Å². The minimum absolute atomic E-state index is 0.0611. The minimum Gasteiger partial charge on any atom is -0.490 e. The third-order valence-corrected chi connectivity index (χ3v) is 12.7. The maximum atomic E-state index is 13.5. The van der Waals surface area contributed by atoms with Crippen molar-refractivity contribution in [3.63, 3.8) is 0 Å². The van der Waals surface area contributed by atoms with Crippen molar-refractivity contribution in [2.45, 2.75) is 74.7 Å². The Hall–Kier alpha value is -2.26. The lowest BCUT2D eigenvalue weighted by Gasteiger charge is -2.48. The van der Waals surface area contributed by atoms with Gasteiger partial charge in [-0.15, -0.1) is 0 Å². The number of halogens is 1. The maximum absolute atomic E-state index is 13.5. The van der Waals surface area contributed by atoms with Crippen LogP contribution in [0.1, 0.15) is 66.9 Å². The number of hydrogen-bond acceptors (Lipinski definition) is 6. The van der Waals surface area contributed by atoms with E-state index in [2.05, 4.69) is 27.6 Å². The summed E-state index contributed by atoms with van der Waals surface area (Å²) in [6.45, 7) is 5.03. The molecule has 7 rings (SSSR count). The number of anilines is 1. The van der Waals surface area contributed by atoms with Gasteiger partial charge in [-0.3, -0.25) is 9.52 Å². The first-order valence-electron chi connectivity index (χ1n) is 15.4. The Morgan fingerprint density at radius 1 is 1.14 bits per heavy atom. The molecular formula is C33H41ClN2O5S. The Morgan fingerprint density at radius 3 is 2.86 bits per heavy atom. The van der Waals surface area contributed by atoms with Crippen molar-refractivity contribution in [1.82, 2.24) is 4.72 Å². The normalized spacial score (nSPS) is 36.5. The van der Waals surface area contributed by atoms with Crippen LogP contribution in [0.2, 0.25) is 5.02 Å². The average Bonchev–Trinajstić information content (AvgIpc) is 3.10. The first-order chi connectivity index (χ1) is 20.2. The van der Waals surface area contributed by atoms with Crippen LogP contribution < -0.4 is 14.4 Å². The van der Waals surface area contributed by atoms with Gasteiger partial charge in [-0.1, -0.05) is 17.7 Å². The number of ether oxygens (including phenoxy) is 3. The second-order valence-corrected chi connectivity index (χ2v) is 16.0. The molecule has 9 heteroatoms. The molecule has 2 aromatic carbocycles. The van der Waals surface area contributed by atoms with Crippen LogP contribution in [0.4, 0.5) is 5.69 Å². The van der Waals surface area contributed by atoms with Gasteiger partial charge >= 0.3 is 0 Å². The lowest BCUT2D eigenvalue weighted by Crippen LogP contribution is -2.51. The van der Waals surface area contributed by atoms with Crippen molar-refractivity contribution in [2.75, 3.05) is 37.8 Å². The second-order valence-electron chi connectivity index (χ2n) is 13.1. The van der Waals surface area contributed by atoms with E-state index in [-0.39, 0.29) is 30.1 Å². The van der Waals surface area contributed by atoms with Crippen molar-refractivity contribution in [3.05, 3.63) is 58.1 Å². The van der Waals surface area contributed by atoms with Gasteiger partial charge in [0.2, 0.25) is 0 Å². The number of benzene rings is 2. The van der Waals surface area contributed by atoms with Gasteiger partial charge in [-0.2, -0.15) is 0 Å². The summed E-state index contributed by atoms with van der Waals surface area (Å²) in [6.07, 6.45) is 7.33. The fraction of sp³-hybridized carbons (Fsp3) is 0.576. The predicted octanol–water partition coefficient (Wildman–Crippen LogP) is 5.17. The summed E-state index contributed by atoms with van der Waals surface area (Å²) < 4.78 is 35.5. The van der Waals surface area contributed by atoms with Gasteiger partial charge in [0, 0.05) is 42.1 Å². The van der Waals surface area contributed by atoms with Crippen molar-refractivity contribution < 1.29 is 23.2 Å². The van der Waals surface area contributed by atoms with Gasteiger partial charge in [-0.25, -0.2) is 4.21 Å². The zero-order chi connectivity index (χ0) is 29.1. The third-order valence-electron chi connectivity index (χ3n) is 10.5. The van der Waals surface area contributed by atoms with Gasteiger partial charge in [0.15, 0.2) is 0 Å². The monoisotopic (exact) mass is 612 g/mol. The lowest BCUT2D eigenvalue weighted by atomic mass is 9.67. The van der Waals surface area contributed by atoms with Crippen LogP contribution in [-0.4, -0.2) is 66.4 Å². The maximum Gasteiger partial charge on any atom is 0.262 e. The first kappa shape index (κ1) is 28.5. The van der Waals surface area contributed by atoms with Crippen LogP contribution in [0.25, 0.3) is 0 Å². The van der Waals surface area contributed by atoms with Gasteiger partial charge in [0.1, 0.15) is 5.75 Å². The Morgan fingerprint density at radius 2 is 2.02 bits per heavy atom. The number of nitrogens with zero attached hydrogens (tertiary/aromatic N) is 1. The molecule has 3 aliphatic heterocycles. The third kappa shape index (κ3) is 5.23. The molecule has 0 radical (unpaired) electrons. The highest BCUT2D eigenvalue weighted by atomic mass is 35.5. The highest BCUT2D eigenvalue weighted by molar-refractivity contribution is 7.99. The van der Waals surface area contributed by atoms with E-state index in [9.17, 15) is 9.00 Å². The fourth-order valence-corrected chi connectivity index (χ4v) is 8.92. The molecule has 2 aromatic rings. The van der Waals surface area contributed by atoms with Crippen molar-refractivity contribution in [3.8, 4) is 5.75 Å². The molecule has 1 N–H and O–H groups in total. The summed E-state index contributed by atoms with van der Waals surface area (Å²) in [5, 5.41) is 0.347. The summed E-state index contributed by atoms with van der Waals surface area (Å²) in [5.74, 6) is 5.26. The number of rotatable bonds is 0. The molecule has 0 aromatic heterocycles. The van der Waals surface area contributed by atoms with E-state index < -0.39 is 15.0 Å². The number of amides is 1. The smallest absolute Gasteiger partial charge is 0.262 e. The van der Waals surface area contributed by atoms with E-state index in [1.165, 1.54) is 11.1 Å². The van der Waals surface area contributed by atoms with Crippen LogP contribution in [0, 0.1) is 11.8 Å². The van der Waals surface area contributed by atoms with Gasteiger partial charge < -0.3 is 19.1 Å². The molecule has 4 bridgehead atoms. The molecule has 1 spiro atoms. The highest BCUT2D eigenvalue weighted by Gasteiger charge is 2.45. The standard InChI is InChI=1S/C33H41ClN2O5S/c1-21-18-40-26-11-13-39-31(16-26)27-8-5-24(27)17-36-19-33(12-3-4-22-14-25(34)7-9-28(22)33)20-41-30-10-6-23(15-29(30)36)32(37)35-42(21,2)38/h6-7,9-10,14-15,21,24,26-27,31H,2-5,8,11-13,16-20H2,1H3,(H,35,37,38)/t21-,24+,26-,27-,31+,33+,42?/m1/s1. The van der Waals surface area contributed by atoms with Gasteiger partial charge in [0.25, 0.3) is 5.91 Å². The summed E-state index contributed by atoms with van der Waals surface area (Å²) in [6, 6.07) is 11.9. The number of aryl methyl sites for hydroxylation is 1. The Bertz CT molecular complexity index is 1480. The van der Waals surface area contributed by atoms with E-state index in [1.54, 1.807) is 6.07 Å². The summed E-state index contributed by atoms with van der Waals surface area (Å²) in [5.41, 5.74) is 3.82. The molecule has 7 nitrogen and oxygen atoms in total. The second kappa shape index (κ2) is 11.0. The van der Waals surface area contributed by atoms with Crippen molar-refractivity contribution in [2.24, 2.45) is 11.8 Å². The van der Waals surface area contributed by atoms with Crippen LogP contribution in [-0.2, 0) is 31.0 Å². The van der Waals surface area contributed by atoms with Crippen molar-refractivity contribution in [1.29, 1.82) is 0 Å². The molecule has 5 aliphatic rings. The average molecular weight is 613 g/mol. The quantitative estimate of drug-likeness (QED) is 0.414. The topological polar surface area (TPSA) is 77.1 Å². The molecule has 2 fully saturated rings. The molecule has 1 saturated carbocycles. The highest BCUT2D eigenvalue weighted by Crippen LogP contribution is 2.47. The predicted molar refractivity (Wildman–Crippen MR) is 167 cm³/mol. The number of carbonyl (C=O) groups is 1. The van der Waals surface area contributed by atoms with Crippen molar-refractivity contribution >= 4 is 38.8 Å². The SMILES string of the molecule is C=S1(=O)NC(=O)c2ccc3c(c2)N(C[C@@H]2CC[C@H]2[C@@H]2C[C@@H](CCO2)OC[C@H]1C)C[C@@]1(CCCc2cc(Cl)ccc21)CO3. The Balaban J connectivity index is 1.29. The summed E-state index contributed by atoms with van der Waals surface area (Å²) in [4.78, 5) is 15.9. The Kier molecular flexibility index (Phi) is 7.48. The summed E-state index contributed by atoms with van der Waals surface area (Å²) >= 11 is 6.42. The molecule has 1 unspecified atom stereocenters. The number of carbonyl (C=O) groups excluding carboxylic acids is 1. The minimum atomic E-state index is -2.93. The lowest BCUT2D eigenvalue weighted by molar-refractivity contribution is -0.116. The molecule has 2 aliphatic carbocycles. The van der Waals surface area contributed by atoms with E-state index in [4.69, 9.17) is 25.8 Å². The van der Waals surface area contributed by atoms with Crippen LogP contribution in [0.3, 0.4) is 0 Å². The molecule has 3 heterocycles. The zero-order valence-electron chi connectivity index (χ0n) is 24.3. The fourth-order valence-electron chi connectivity index (χ4n) is 7.79. The van der Waals surface area contributed by atoms with Crippen LogP contribution in [0.15, 0.2) is 36.4 Å². The Labute approximate surface area is 254 Å². The number of nitrogens with one attached hydrogen (secondary N) is 1. The van der Waals surface area contributed by atoms with Gasteiger partial charge in [0.05, 0.1) is 46.1 Å². The largest absolute Gasteiger partial charge is 0.490 e. The molecule has 7 atom stereocenters. The van der Waals surface area contributed by atoms with E-state index in [1.807, 2.05) is 25.1 Å². The van der Waals surface area contributed by atoms with Crippen LogP contribution in [0.5, 0.6) is 5.75 Å². The van der Waals surface area contributed by atoms with E-state index in [0.29, 0.717) is 30.6 Å².